The fourth-order valence-corrected chi connectivity index (χ4v) is 4.35. The highest BCUT2D eigenvalue weighted by atomic mass is 32.2. The minimum atomic E-state index is 0.0722. The maximum Gasteiger partial charge on any atom is 0.234 e. The summed E-state index contributed by atoms with van der Waals surface area (Å²) < 4.78 is 2.16. The van der Waals surface area contributed by atoms with E-state index in [1.807, 2.05) is 23.8 Å². The van der Waals surface area contributed by atoms with Gasteiger partial charge in [0, 0.05) is 11.4 Å². The van der Waals surface area contributed by atoms with Crippen molar-refractivity contribution >= 4 is 29.0 Å². The smallest absolute Gasteiger partial charge is 0.234 e. The Morgan fingerprint density at radius 2 is 2.38 bits per heavy atom. The summed E-state index contributed by atoms with van der Waals surface area (Å²) in [4.78, 5) is 15.7. The second-order valence-corrected chi connectivity index (χ2v) is 7.58. The van der Waals surface area contributed by atoms with Crippen LogP contribution in [0.2, 0.25) is 0 Å². The van der Waals surface area contributed by atoms with Gasteiger partial charge in [-0.15, -0.1) is 21.5 Å². The number of aromatic nitrogens is 3. The third-order valence-electron chi connectivity index (χ3n) is 4.29. The standard InChI is InChI=1S/C16H23N5OS2/c1-3-21-15(18-19-16(21)23-2)13-7-4-8-20(13)11-14(22)17-10-12-6-5-9-24-12/h5-6,9,13H,3-4,7-8,10-11H2,1-2H3,(H,17,22)/t13-/m0/s1. The average molecular weight is 366 g/mol. The van der Waals surface area contributed by atoms with Crippen LogP contribution in [0.1, 0.15) is 36.5 Å². The summed E-state index contributed by atoms with van der Waals surface area (Å²) in [6, 6.07) is 4.23. The molecule has 3 heterocycles. The van der Waals surface area contributed by atoms with Crippen LogP contribution in [0.15, 0.2) is 22.7 Å². The van der Waals surface area contributed by atoms with E-state index in [-0.39, 0.29) is 11.9 Å². The number of nitrogens with one attached hydrogen (secondary N) is 1. The van der Waals surface area contributed by atoms with Gasteiger partial charge in [-0.2, -0.15) is 0 Å². The van der Waals surface area contributed by atoms with Gasteiger partial charge in [0.05, 0.1) is 19.1 Å². The van der Waals surface area contributed by atoms with Crippen molar-refractivity contribution in [3.05, 3.63) is 28.2 Å². The summed E-state index contributed by atoms with van der Waals surface area (Å²) in [5.41, 5.74) is 0. The van der Waals surface area contributed by atoms with E-state index in [2.05, 4.69) is 31.9 Å². The normalized spacial score (nSPS) is 18.2. The molecule has 1 atom stereocenters. The molecular formula is C16H23N5OS2. The Bertz CT molecular complexity index is 670. The lowest BCUT2D eigenvalue weighted by molar-refractivity contribution is -0.122. The van der Waals surface area contributed by atoms with Crippen LogP contribution < -0.4 is 5.32 Å². The Hall–Kier alpha value is -1.38. The van der Waals surface area contributed by atoms with E-state index in [4.69, 9.17) is 0 Å². The van der Waals surface area contributed by atoms with Gasteiger partial charge in [0.2, 0.25) is 5.91 Å². The molecule has 0 aliphatic carbocycles. The van der Waals surface area contributed by atoms with E-state index in [1.54, 1.807) is 23.1 Å². The highest BCUT2D eigenvalue weighted by Gasteiger charge is 2.31. The van der Waals surface area contributed by atoms with Gasteiger partial charge < -0.3 is 9.88 Å². The Morgan fingerprint density at radius 3 is 3.08 bits per heavy atom. The van der Waals surface area contributed by atoms with Crippen molar-refractivity contribution in [3.63, 3.8) is 0 Å². The summed E-state index contributed by atoms with van der Waals surface area (Å²) in [5.74, 6) is 1.06. The molecule has 1 amide bonds. The van der Waals surface area contributed by atoms with E-state index in [0.29, 0.717) is 13.1 Å². The number of hydrogen-bond donors (Lipinski definition) is 1. The fraction of sp³-hybridized carbons (Fsp3) is 0.562. The van der Waals surface area contributed by atoms with Crippen molar-refractivity contribution in [2.24, 2.45) is 0 Å². The second kappa shape index (κ2) is 8.13. The lowest BCUT2D eigenvalue weighted by Gasteiger charge is -2.23. The molecule has 1 saturated heterocycles. The molecule has 2 aromatic rings. The van der Waals surface area contributed by atoms with E-state index in [0.717, 1.165) is 36.9 Å². The summed E-state index contributed by atoms with van der Waals surface area (Å²) >= 11 is 3.28. The zero-order chi connectivity index (χ0) is 16.9. The van der Waals surface area contributed by atoms with Crippen LogP contribution >= 0.6 is 23.1 Å². The molecule has 3 rings (SSSR count). The van der Waals surface area contributed by atoms with Crippen molar-refractivity contribution in [2.45, 2.75) is 44.1 Å². The van der Waals surface area contributed by atoms with E-state index in [9.17, 15) is 4.79 Å². The number of hydrogen-bond acceptors (Lipinski definition) is 6. The maximum absolute atomic E-state index is 12.3. The topological polar surface area (TPSA) is 63.1 Å². The molecular weight excluding hydrogens is 342 g/mol. The highest BCUT2D eigenvalue weighted by Crippen LogP contribution is 2.32. The molecule has 0 aromatic carbocycles. The number of thiophene rings is 1. The fourth-order valence-electron chi connectivity index (χ4n) is 3.14. The Kier molecular flexibility index (Phi) is 5.91. The molecule has 130 valence electrons. The molecule has 1 aliphatic rings. The van der Waals surface area contributed by atoms with E-state index in [1.165, 1.54) is 4.88 Å². The number of nitrogens with zero attached hydrogens (tertiary/aromatic N) is 4. The van der Waals surface area contributed by atoms with Crippen LogP contribution in [0.5, 0.6) is 0 Å². The number of carbonyl (C=O) groups is 1. The van der Waals surface area contributed by atoms with Crippen LogP contribution in [-0.2, 0) is 17.9 Å². The average Bonchev–Trinajstić information content (AvgIpc) is 3.32. The summed E-state index contributed by atoms with van der Waals surface area (Å²) in [6.45, 7) is 4.92. The van der Waals surface area contributed by atoms with Crippen molar-refractivity contribution < 1.29 is 4.79 Å². The van der Waals surface area contributed by atoms with Crippen molar-refractivity contribution in [2.75, 3.05) is 19.3 Å². The predicted octanol–water partition coefficient (Wildman–Crippen LogP) is 2.53. The van der Waals surface area contributed by atoms with Crippen LogP contribution in [0.25, 0.3) is 0 Å². The van der Waals surface area contributed by atoms with Gasteiger partial charge in [-0.25, -0.2) is 0 Å². The highest BCUT2D eigenvalue weighted by molar-refractivity contribution is 7.98. The third-order valence-corrected chi connectivity index (χ3v) is 5.84. The SMILES string of the molecule is CCn1c(SC)nnc1[C@@H]1CCCN1CC(=O)NCc1cccs1. The molecule has 6 nitrogen and oxygen atoms in total. The summed E-state index contributed by atoms with van der Waals surface area (Å²) in [5, 5.41) is 14.7. The summed E-state index contributed by atoms with van der Waals surface area (Å²) in [7, 11) is 0. The largest absolute Gasteiger partial charge is 0.350 e. The molecule has 1 fully saturated rings. The molecule has 0 radical (unpaired) electrons. The van der Waals surface area contributed by atoms with Gasteiger partial charge in [-0.3, -0.25) is 9.69 Å². The van der Waals surface area contributed by atoms with Gasteiger partial charge in [0.1, 0.15) is 0 Å². The zero-order valence-corrected chi connectivity index (χ0v) is 15.7. The molecule has 0 bridgehead atoms. The Labute approximate surface area is 150 Å². The number of amides is 1. The zero-order valence-electron chi connectivity index (χ0n) is 14.1. The first-order valence-corrected chi connectivity index (χ1v) is 10.3. The minimum absolute atomic E-state index is 0.0722. The molecule has 0 spiro atoms. The van der Waals surface area contributed by atoms with Crippen LogP contribution in [-0.4, -0.2) is 44.9 Å². The lowest BCUT2D eigenvalue weighted by atomic mass is 10.2. The Morgan fingerprint density at radius 1 is 1.50 bits per heavy atom. The number of rotatable bonds is 7. The van der Waals surface area contributed by atoms with Gasteiger partial charge in [0.25, 0.3) is 0 Å². The maximum atomic E-state index is 12.3. The molecule has 2 aromatic heterocycles. The van der Waals surface area contributed by atoms with Crippen molar-refractivity contribution in [1.29, 1.82) is 0 Å². The Balaban J connectivity index is 1.63. The van der Waals surface area contributed by atoms with Crippen LogP contribution in [0.3, 0.4) is 0 Å². The van der Waals surface area contributed by atoms with Crippen LogP contribution in [0.4, 0.5) is 0 Å². The number of thioether (sulfide) groups is 1. The van der Waals surface area contributed by atoms with E-state index < -0.39 is 0 Å². The summed E-state index contributed by atoms with van der Waals surface area (Å²) in [6.07, 6.45) is 4.14. The third kappa shape index (κ3) is 3.81. The molecule has 1 N–H and O–H groups in total. The molecule has 8 heteroatoms. The van der Waals surface area contributed by atoms with Gasteiger partial charge in [-0.05, 0) is 44.0 Å². The predicted molar refractivity (Wildman–Crippen MR) is 97.2 cm³/mol. The number of carbonyl (C=O) groups excluding carboxylic acids is 1. The molecule has 0 saturated carbocycles. The van der Waals surface area contributed by atoms with Crippen molar-refractivity contribution in [1.82, 2.24) is 25.0 Å². The minimum Gasteiger partial charge on any atom is -0.350 e. The quantitative estimate of drug-likeness (QED) is 0.764. The molecule has 24 heavy (non-hydrogen) atoms. The second-order valence-electron chi connectivity index (χ2n) is 5.77. The first-order chi connectivity index (χ1) is 11.7. The molecule has 0 unspecified atom stereocenters. The lowest BCUT2D eigenvalue weighted by Crippen LogP contribution is -2.37. The monoisotopic (exact) mass is 365 g/mol. The van der Waals surface area contributed by atoms with Crippen LogP contribution in [0, 0.1) is 0 Å². The first kappa shape index (κ1) is 17.4. The van der Waals surface area contributed by atoms with E-state index >= 15 is 0 Å². The van der Waals surface area contributed by atoms with Gasteiger partial charge in [0.15, 0.2) is 11.0 Å². The first-order valence-electron chi connectivity index (χ1n) is 8.23. The van der Waals surface area contributed by atoms with Crippen molar-refractivity contribution in [3.8, 4) is 0 Å². The van der Waals surface area contributed by atoms with Gasteiger partial charge >= 0.3 is 0 Å². The van der Waals surface area contributed by atoms with Gasteiger partial charge in [-0.1, -0.05) is 17.8 Å². The number of likely N-dealkylation sites (tertiary alicyclic amines) is 1. The molecule has 1 aliphatic heterocycles.